The van der Waals surface area contributed by atoms with Gasteiger partial charge in [-0.2, -0.15) is 0 Å². The summed E-state index contributed by atoms with van der Waals surface area (Å²) in [4.78, 5) is 48.8. The van der Waals surface area contributed by atoms with Gasteiger partial charge in [-0.05, 0) is 60.5 Å². The summed E-state index contributed by atoms with van der Waals surface area (Å²) in [5.41, 5.74) is -0.678. The van der Waals surface area contributed by atoms with Gasteiger partial charge in [0.2, 0.25) is 0 Å². The fraction of sp³-hybridized carbons (Fsp3) is 0.290. The Bertz CT molecular complexity index is 1710. The zero-order valence-corrected chi connectivity index (χ0v) is 23.6. The topological polar surface area (TPSA) is 127 Å². The first-order valence-corrected chi connectivity index (χ1v) is 13.9. The van der Waals surface area contributed by atoms with E-state index in [0.29, 0.717) is 22.7 Å². The van der Waals surface area contributed by atoms with E-state index >= 15 is 4.39 Å². The molecule has 11 nitrogen and oxygen atoms in total. The fourth-order valence-corrected chi connectivity index (χ4v) is 5.53. The number of amides is 4. The van der Waals surface area contributed by atoms with Crippen LogP contribution in [0.2, 0.25) is 0 Å². The van der Waals surface area contributed by atoms with E-state index in [2.05, 4.69) is 44.2 Å². The Kier molecular flexibility index (Phi) is 7.11. The van der Waals surface area contributed by atoms with E-state index in [0.717, 1.165) is 38.8 Å². The number of carbonyl (C=O) groups excluding carboxylic acids is 3. The molecular formula is C31H29FN6O5. The smallest absolute Gasteiger partial charge is 0.324 e. The molecule has 3 aliphatic heterocycles. The molecule has 12 heteroatoms. The molecule has 4 amide bonds. The number of pyridine rings is 1. The number of piperazine rings is 1. The van der Waals surface area contributed by atoms with Crippen molar-refractivity contribution < 1.29 is 28.6 Å². The minimum Gasteiger partial charge on any atom is -0.506 e. The highest BCUT2D eigenvalue weighted by molar-refractivity contribution is 6.12. The van der Waals surface area contributed by atoms with Crippen molar-refractivity contribution in [3.05, 3.63) is 71.0 Å². The number of hydrogen-bond acceptors (Lipinski definition) is 8. The number of nitrogens with zero attached hydrogens (tertiary/aromatic N) is 4. The lowest BCUT2D eigenvalue weighted by atomic mass is 10.0. The molecule has 2 aromatic carbocycles. The Morgan fingerprint density at radius 1 is 1.05 bits per heavy atom. The maximum absolute atomic E-state index is 15.5. The van der Waals surface area contributed by atoms with E-state index < -0.39 is 29.3 Å². The van der Waals surface area contributed by atoms with Gasteiger partial charge in [0.15, 0.2) is 0 Å². The zero-order chi connectivity index (χ0) is 30.3. The molecule has 1 aromatic heterocycles. The van der Waals surface area contributed by atoms with Crippen molar-refractivity contribution in [2.75, 3.05) is 44.7 Å². The summed E-state index contributed by atoms with van der Waals surface area (Å²) in [5, 5.41) is 15.2. The quantitative estimate of drug-likeness (QED) is 0.308. The van der Waals surface area contributed by atoms with Crippen LogP contribution in [0.3, 0.4) is 0 Å². The average Bonchev–Trinajstić information content (AvgIpc) is 3.51. The van der Waals surface area contributed by atoms with Gasteiger partial charge in [0, 0.05) is 42.9 Å². The average molecular weight is 585 g/mol. The fourth-order valence-electron chi connectivity index (χ4n) is 5.53. The minimum absolute atomic E-state index is 0.0165. The third-order valence-corrected chi connectivity index (χ3v) is 7.99. The van der Waals surface area contributed by atoms with Gasteiger partial charge in [0.05, 0.1) is 13.7 Å². The molecule has 2 fully saturated rings. The van der Waals surface area contributed by atoms with Crippen LogP contribution >= 0.6 is 0 Å². The van der Waals surface area contributed by atoms with Crippen LogP contribution in [0.15, 0.2) is 48.5 Å². The number of urea groups is 1. The first-order valence-electron chi connectivity index (χ1n) is 13.9. The predicted octanol–water partition coefficient (Wildman–Crippen LogP) is 2.29. The predicted molar refractivity (Wildman–Crippen MR) is 155 cm³/mol. The van der Waals surface area contributed by atoms with Crippen LogP contribution < -0.4 is 20.3 Å². The lowest BCUT2D eigenvalue weighted by molar-refractivity contribution is -0.126. The lowest BCUT2D eigenvalue weighted by Crippen LogP contribution is -2.60. The number of benzene rings is 2. The molecule has 0 saturated carbocycles. The van der Waals surface area contributed by atoms with Crippen LogP contribution in [0, 0.1) is 17.7 Å². The van der Waals surface area contributed by atoms with E-state index in [1.54, 1.807) is 24.3 Å². The van der Waals surface area contributed by atoms with Crippen LogP contribution in [0.5, 0.6) is 11.5 Å². The summed E-state index contributed by atoms with van der Waals surface area (Å²) in [6.45, 7) is 6.42. The van der Waals surface area contributed by atoms with Crippen LogP contribution in [0.25, 0.3) is 11.3 Å². The van der Waals surface area contributed by atoms with Crippen molar-refractivity contribution in [3.63, 3.8) is 0 Å². The third-order valence-electron chi connectivity index (χ3n) is 7.99. The molecule has 0 radical (unpaired) electrons. The van der Waals surface area contributed by atoms with E-state index in [4.69, 9.17) is 4.74 Å². The highest BCUT2D eigenvalue weighted by Gasteiger charge is 2.54. The number of aromatic nitrogens is 1. The van der Waals surface area contributed by atoms with Crippen molar-refractivity contribution in [1.29, 1.82) is 0 Å². The van der Waals surface area contributed by atoms with E-state index in [1.807, 2.05) is 0 Å². The number of carbonyl (C=O) groups is 3. The SMILES string of the molecule is CCN1CCN(c2ccc(O)c(-c3ccc(C#C[C@]4(N5Cc6ccc(OC)cc6C5=O)NC(=O)NC4=O)cc3F)n2)CC1. The molecule has 220 valence electrons. The van der Waals surface area contributed by atoms with Gasteiger partial charge in [-0.25, -0.2) is 14.2 Å². The summed E-state index contributed by atoms with van der Waals surface area (Å²) >= 11 is 0. The van der Waals surface area contributed by atoms with E-state index in [-0.39, 0.29) is 29.1 Å². The van der Waals surface area contributed by atoms with Gasteiger partial charge in [-0.1, -0.05) is 18.9 Å². The van der Waals surface area contributed by atoms with Gasteiger partial charge >= 0.3 is 6.03 Å². The van der Waals surface area contributed by atoms with Crippen LogP contribution in [0.1, 0.15) is 28.4 Å². The van der Waals surface area contributed by atoms with Gasteiger partial charge < -0.3 is 19.6 Å². The largest absolute Gasteiger partial charge is 0.506 e. The second-order valence-electron chi connectivity index (χ2n) is 10.4. The third kappa shape index (κ3) is 4.97. The highest BCUT2D eigenvalue weighted by Crippen LogP contribution is 2.34. The molecule has 0 spiro atoms. The molecule has 6 rings (SSSR count). The first-order chi connectivity index (χ1) is 20.7. The number of aromatic hydroxyl groups is 1. The van der Waals surface area contributed by atoms with Crippen molar-refractivity contribution in [3.8, 4) is 34.6 Å². The van der Waals surface area contributed by atoms with E-state index in [9.17, 15) is 19.5 Å². The molecule has 3 aliphatic rings. The summed E-state index contributed by atoms with van der Waals surface area (Å²) in [5.74, 6) is 4.40. The summed E-state index contributed by atoms with van der Waals surface area (Å²) in [7, 11) is 1.48. The Morgan fingerprint density at radius 3 is 2.51 bits per heavy atom. The molecule has 0 bridgehead atoms. The molecule has 1 atom stereocenters. The number of likely N-dealkylation sites (N-methyl/N-ethyl adjacent to an activating group) is 1. The summed E-state index contributed by atoms with van der Waals surface area (Å²) < 4.78 is 20.7. The normalized spacial score (nSPS) is 19.9. The number of rotatable bonds is 5. The molecule has 3 aromatic rings. The molecule has 0 unspecified atom stereocenters. The van der Waals surface area contributed by atoms with Crippen LogP contribution in [0.4, 0.5) is 15.0 Å². The number of nitrogens with one attached hydrogen (secondary N) is 2. The molecule has 2 saturated heterocycles. The standard InChI is InChI=1S/C31H29FN6O5/c1-3-36-12-14-37(15-13-36)26-9-8-25(39)27(33-26)22-7-4-19(16-24(22)32)10-11-31(29(41)34-30(42)35-31)38-18-20-5-6-21(43-2)17-23(20)28(38)40/h4-9,16-17,39H,3,12-15,18H2,1-2H3,(H2,34,35,41,42)/t31-/m1/s1. The highest BCUT2D eigenvalue weighted by atomic mass is 19.1. The zero-order valence-electron chi connectivity index (χ0n) is 23.6. The number of halogens is 1. The lowest BCUT2D eigenvalue weighted by Gasteiger charge is -2.34. The molecule has 43 heavy (non-hydrogen) atoms. The number of fused-ring (bicyclic) bond motifs is 1. The summed E-state index contributed by atoms with van der Waals surface area (Å²) in [6.07, 6.45) is 0. The monoisotopic (exact) mass is 584 g/mol. The number of hydrogen-bond donors (Lipinski definition) is 3. The van der Waals surface area contributed by atoms with Gasteiger partial charge in [0.1, 0.15) is 28.8 Å². The Hall–Kier alpha value is -5.15. The number of ether oxygens (including phenoxy) is 1. The van der Waals surface area contributed by atoms with E-state index in [1.165, 1.54) is 30.2 Å². The second-order valence-corrected chi connectivity index (χ2v) is 10.4. The van der Waals surface area contributed by atoms with Crippen molar-refractivity contribution in [2.24, 2.45) is 0 Å². The van der Waals surface area contributed by atoms with Crippen LogP contribution in [-0.4, -0.2) is 83.2 Å². The van der Waals surface area contributed by atoms with Gasteiger partial charge in [-0.3, -0.25) is 25.1 Å². The molecule has 3 N–H and O–H groups in total. The van der Waals surface area contributed by atoms with Crippen molar-refractivity contribution in [1.82, 2.24) is 25.4 Å². The molecule has 4 heterocycles. The Balaban J connectivity index is 1.30. The van der Waals surface area contributed by atoms with Gasteiger partial charge in [0.25, 0.3) is 17.5 Å². The second kappa shape index (κ2) is 10.9. The van der Waals surface area contributed by atoms with Gasteiger partial charge in [-0.15, -0.1) is 0 Å². The summed E-state index contributed by atoms with van der Waals surface area (Å²) in [6, 6.07) is 11.5. The van der Waals surface area contributed by atoms with Crippen molar-refractivity contribution in [2.45, 2.75) is 19.1 Å². The number of imide groups is 1. The number of anilines is 1. The van der Waals surface area contributed by atoms with Crippen molar-refractivity contribution >= 4 is 23.7 Å². The maximum Gasteiger partial charge on any atom is 0.324 e. The molecule has 0 aliphatic carbocycles. The minimum atomic E-state index is -2.01. The molecular weight excluding hydrogens is 555 g/mol. The Labute approximate surface area is 247 Å². The Morgan fingerprint density at radius 2 is 1.84 bits per heavy atom. The first kappa shape index (κ1) is 28.0. The number of methoxy groups -OCH3 is 1. The maximum atomic E-state index is 15.5. The van der Waals surface area contributed by atoms with Crippen LogP contribution in [-0.2, 0) is 11.3 Å².